The Bertz CT molecular complexity index is 1360. The number of nitrogens with one attached hydrogen (secondary N) is 1. The number of aromatic nitrogens is 1. The van der Waals surface area contributed by atoms with Gasteiger partial charge in [0.25, 0.3) is 5.91 Å². The van der Waals surface area contributed by atoms with Gasteiger partial charge in [0.15, 0.2) is 0 Å². The molecule has 28 heavy (non-hydrogen) atoms. The molecular formula is C23H18N2O3. The molecule has 138 valence electrons. The maximum Gasteiger partial charge on any atom is 0.257 e. The van der Waals surface area contributed by atoms with E-state index in [0.717, 1.165) is 27.3 Å². The van der Waals surface area contributed by atoms with Crippen molar-refractivity contribution in [3.63, 3.8) is 0 Å². The lowest BCUT2D eigenvalue weighted by Crippen LogP contribution is -2.12. The molecule has 2 heterocycles. The zero-order valence-corrected chi connectivity index (χ0v) is 15.5. The minimum atomic E-state index is -0.189. The Labute approximate surface area is 161 Å². The van der Waals surface area contributed by atoms with Crippen LogP contribution >= 0.6 is 0 Å². The molecule has 3 aromatic carbocycles. The van der Waals surface area contributed by atoms with Crippen molar-refractivity contribution >= 4 is 44.4 Å². The summed E-state index contributed by atoms with van der Waals surface area (Å²) in [7, 11) is 3.52. The van der Waals surface area contributed by atoms with Gasteiger partial charge >= 0.3 is 0 Å². The average molecular weight is 370 g/mol. The second kappa shape index (κ2) is 6.16. The molecule has 0 spiro atoms. The van der Waals surface area contributed by atoms with Crippen LogP contribution in [0.2, 0.25) is 0 Å². The van der Waals surface area contributed by atoms with Crippen LogP contribution in [0.15, 0.2) is 71.3 Å². The van der Waals surface area contributed by atoms with E-state index < -0.39 is 0 Å². The smallest absolute Gasteiger partial charge is 0.257 e. The number of hydrogen-bond acceptors (Lipinski definition) is 3. The van der Waals surface area contributed by atoms with E-state index in [4.69, 9.17) is 9.15 Å². The van der Waals surface area contributed by atoms with Crippen molar-refractivity contribution in [2.24, 2.45) is 7.05 Å². The van der Waals surface area contributed by atoms with Crippen LogP contribution in [-0.4, -0.2) is 17.6 Å². The van der Waals surface area contributed by atoms with E-state index in [0.29, 0.717) is 22.6 Å². The highest BCUT2D eigenvalue weighted by Crippen LogP contribution is 2.36. The van der Waals surface area contributed by atoms with Gasteiger partial charge in [0, 0.05) is 41.0 Å². The van der Waals surface area contributed by atoms with Crippen molar-refractivity contribution in [3.8, 4) is 5.75 Å². The highest BCUT2D eigenvalue weighted by atomic mass is 16.5. The zero-order valence-electron chi connectivity index (χ0n) is 15.5. The first-order valence-electron chi connectivity index (χ1n) is 9.00. The number of nitrogens with zero attached hydrogens (tertiary/aromatic N) is 1. The lowest BCUT2D eigenvalue weighted by Gasteiger charge is -2.10. The third kappa shape index (κ3) is 2.44. The summed E-state index contributed by atoms with van der Waals surface area (Å²) >= 11 is 0. The van der Waals surface area contributed by atoms with Crippen LogP contribution in [0.25, 0.3) is 32.8 Å². The van der Waals surface area contributed by atoms with Crippen LogP contribution in [0.5, 0.6) is 5.75 Å². The maximum atomic E-state index is 13.0. The lowest BCUT2D eigenvalue weighted by molar-refractivity contribution is 0.102. The number of aryl methyl sites for hydroxylation is 1. The van der Waals surface area contributed by atoms with E-state index in [9.17, 15) is 4.79 Å². The normalized spacial score (nSPS) is 11.4. The van der Waals surface area contributed by atoms with Crippen LogP contribution < -0.4 is 10.1 Å². The van der Waals surface area contributed by atoms with Gasteiger partial charge in [0.1, 0.15) is 16.9 Å². The second-order valence-electron chi connectivity index (χ2n) is 6.77. The Kier molecular flexibility index (Phi) is 3.62. The van der Waals surface area contributed by atoms with Gasteiger partial charge in [-0.2, -0.15) is 0 Å². The number of carbonyl (C=O) groups excluding carboxylic acids is 1. The van der Waals surface area contributed by atoms with Gasteiger partial charge in [-0.1, -0.05) is 36.4 Å². The van der Waals surface area contributed by atoms with Crippen LogP contribution in [-0.2, 0) is 7.05 Å². The number of benzene rings is 3. The van der Waals surface area contributed by atoms with Gasteiger partial charge < -0.3 is 19.0 Å². The molecule has 5 rings (SSSR count). The van der Waals surface area contributed by atoms with Crippen molar-refractivity contribution < 1.29 is 13.9 Å². The van der Waals surface area contributed by atoms with E-state index in [-0.39, 0.29) is 5.91 Å². The largest absolute Gasteiger partial charge is 0.495 e. The Morgan fingerprint density at radius 3 is 2.54 bits per heavy atom. The van der Waals surface area contributed by atoms with Gasteiger partial charge in [0.05, 0.1) is 18.4 Å². The number of ether oxygens (including phenoxy) is 1. The van der Waals surface area contributed by atoms with Crippen molar-refractivity contribution in [3.05, 3.63) is 72.4 Å². The highest BCUT2D eigenvalue weighted by molar-refractivity contribution is 6.14. The van der Waals surface area contributed by atoms with Crippen LogP contribution in [0.1, 0.15) is 10.4 Å². The van der Waals surface area contributed by atoms with Crippen LogP contribution in [0, 0.1) is 0 Å². The third-order valence-electron chi connectivity index (χ3n) is 5.09. The van der Waals surface area contributed by atoms with Crippen molar-refractivity contribution in [2.75, 3.05) is 12.4 Å². The first kappa shape index (κ1) is 16.4. The first-order chi connectivity index (χ1) is 13.7. The summed E-state index contributed by atoms with van der Waals surface area (Å²) in [6.45, 7) is 0. The van der Waals surface area contributed by atoms with E-state index in [1.165, 1.54) is 0 Å². The highest BCUT2D eigenvalue weighted by Gasteiger charge is 2.17. The Balaban J connectivity index is 1.60. The molecule has 5 nitrogen and oxygen atoms in total. The Hall–Kier alpha value is -3.73. The number of rotatable bonds is 3. The van der Waals surface area contributed by atoms with E-state index in [1.807, 2.05) is 78.5 Å². The van der Waals surface area contributed by atoms with Gasteiger partial charge in [-0.05, 0) is 18.2 Å². The number of carbonyl (C=O) groups is 1. The van der Waals surface area contributed by atoms with Gasteiger partial charge in [0.2, 0.25) is 0 Å². The fourth-order valence-electron chi connectivity index (χ4n) is 3.73. The molecule has 5 heteroatoms. The summed E-state index contributed by atoms with van der Waals surface area (Å²) in [6.07, 6.45) is 1.84. The lowest BCUT2D eigenvalue weighted by atomic mass is 10.1. The number of hydrogen-bond donors (Lipinski definition) is 1. The summed E-state index contributed by atoms with van der Waals surface area (Å²) in [5.74, 6) is 0.401. The number of methoxy groups -OCH3 is 1. The molecule has 0 aliphatic heterocycles. The molecule has 1 amide bonds. The van der Waals surface area contributed by atoms with Crippen molar-refractivity contribution in [1.29, 1.82) is 0 Å². The van der Waals surface area contributed by atoms with Crippen molar-refractivity contribution in [2.45, 2.75) is 0 Å². The van der Waals surface area contributed by atoms with Crippen LogP contribution in [0.3, 0.4) is 0 Å². The minimum Gasteiger partial charge on any atom is -0.495 e. The maximum absolute atomic E-state index is 13.0. The summed E-state index contributed by atoms with van der Waals surface area (Å²) in [6, 6.07) is 19.4. The molecule has 5 aromatic rings. The molecule has 2 aromatic heterocycles. The van der Waals surface area contributed by atoms with E-state index in [2.05, 4.69) is 5.32 Å². The Morgan fingerprint density at radius 1 is 0.964 bits per heavy atom. The Morgan fingerprint density at radius 2 is 1.71 bits per heavy atom. The predicted molar refractivity (Wildman–Crippen MR) is 111 cm³/mol. The summed E-state index contributed by atoms with van der Waals surface area (Å²) in [5, 5.41) is 5.86. The number of amides is 1. The molecule has 0 fully saturated rings. The fraction of sp³-hybridized carbons (Fsp3) is 0.0870. The second-order valence-corrected chi connectivity index (χ2v) is 6.77. The quantitative estimate of drug-likeness (QED) is 0.466. The van der Waals surface area contributed by atoms with Crippen LogP contribution in [0.4, 0.5) is 5.69 Å². The number of anilines is 1. The summed E-state index contributed by atoms with van der Waals surface area (Å²) < 4.78 is 13.4. The molecule has 0 aliphatic rings. The molecule has 0 unspecified atom stereocenters. The number of para-hydroxylation sites is 2. The van der Waals surface area contributed by atoms with Crippen molar-refractivity contribution in [1.82, 2.24) is 4.57 Å². The average Bonchev–Trinajstić information content (AvgIpc) is 3.25. The van der Waals surface area contributed by atoms with Gasteiger partial charge in [-0.15, -0.1) is 0 Å². The van der Waals surface area contributed by atoms with E-state index >= 15 is 0 Å². The molecule has 0 atom stereocenters. The summed E-state index contributed by atoms with van der Waals surface area (Å²) in [4.78, 5) is 13.0. The standard InChI is InChI=1S/C23H18N2O3/c1-25-13-17(14-7-3-5-9-19(14)25)23(26)24-18-12-21-16(11-22(18)27-2)15-8-4-6-10-20(15)28-21/h3-13H,1-2H3,(H,24,26). The molecule has 0 aliphatic carbocycles. The number of furan rings is 1. The zero-order chi connectivity index (χ0) is 19.3. The summed E-state index contributed by atoms with van der Waals surface area (Å²) in [5.41, 5.74) is 3.71. The van der Waals surface area contributed by atoms with Gasteiger partial charge in [-0.25, -0.2) is 0 Å². The van der Waals surface area contributed by atoms with E-state index in [1.54, 1.807) is 7.11 Å². The number of fused-ring (bicyclic) bond motifs is 4. The molecule has 0 radical (unpaired) electrons. The topological polar surface area (TPSA) is 56.4 Å². The molecule has 1 N–H and O–H groups in total. The fourth-order valence-corrected chi connectivity index (χ4v) is 3.73. The molecule has 0 bridgehead atoms. The molecular weight excluding hydrogens is 352 g/mol. The molecule has 0 saturated heterocycles. The third-order valence-corrected chi connectivity index (χ3v) is 5.09. The SMILES string of the molecule is COc1cc2c(cc1NC(=O)c1cn(C)c3ccccc13)oc1ccccc12. The first-order valence-corrected chi connectivity index (χ1v) is 9.00. The monoisotopic (exact) mass is 370 g/mol. The molecule has 0 saturated carbocycles. The van der Waals surface area contributed by atoms with Gasteiger partial charge in [-0.3, -0.25) is 4.79 Å². The minimum absolute atomic E-state index is 0.189. The predicted octanol–water partition coefficient (Wildman–Crippen LogP) is 5.34.